The number of ether oxygens (including phenoxy) is 1. The summed E-state index contributed by atoms with van der Waals surface area (Å²) in [6.45, 7) is 2.24. The van der Waals surface area contributed by atoms with E-state index in [1.165, 1.54) is 64.6 Å². The van der Waals surface area contributed by atoms with E-state index in [4.69, 9.17) is 0 Å². The molecule has 98 valence electrons. The van der Waals surface area contributed by atoms with Crippen LogP contribution in [0.15, 0.2) is 17.9 Å². The first-order chi connectivity index (χ1) is 8.31. The van der Waals surface area contributed by atoms with Gasteiger partial charge in [0.05, 0.1) is 13.2 Å². The molecule has 0 aromatic heterocycles. The zero-order valence-electron chi connectivity index (χ0n) is 11.3. The van der Waals surface area contributed by atoms with Gasteiger partial charge in [0.15, 0.2) is 0 Å². The van der Waals surface area contributed by atoms with Gasteiger partial charge in [-0.15, -0.1) is 5.73 Å². The van der Waals surface area contributed by atoms with Crippen molar-refractivity contribution in [1.29, 1.82) is 0 Å². The number of methoxy groups -OCH3 is 1. The Balaban J connectivity index is 3.23. The van der Waals surface area contributed by atoms with Crippen molar-refractivity contribution in [2.24, 2.45) is 0 Å². The lowest BCUT2D eigenvalue weighted by atomic mass is 10.1. The standard InChI is InChI=1S/C15H26O2/c1-3-4-5-6-7-8-9-10-11-12-13-14-15(16)17-2/h12,14H,3-11H2,1-2H3. The van der Waals surface area contributed by atoms with Gasteiger partial charge in [0.2, 0.25) is 0 Å². The molecule has 0 unspecified atom stereocenters. The molecule has 0 rings (SSSR count). The van der Waals surface area contributed by atoms with Crippen LogP contribution < -0.4 is 0 Å². The summed E-state index contributed by atoms with van der Waals surface area (Å²) in [5.41, 5.74) is 2.83. The third-order valence-electron chi connectivity index (χ3n) is 2.72. The molecule has 0 bridgehead atoms. The molecular formula is C15H26O2. The Bertz CT molecular complexity index is 237. The first kappa shape index (κ1) is 16.0. The van der Waals surface area contributed by atoms with E-state index in [1.54, 1.807) is 0 Å². The van der Waals surface area contributed by atoms with E-state index in [0.717, 1.165) is 6.42 Å². The fraction of sp³-hybridized carbons (Fsp3) is 0.733. The number of hydrogen-bond acceptors (Lipinski definition) is 2. The quantitative estimate of drug-likeness (QED) is 0.244. The molecule has 0 spiro atoms. The highest BCUT2D eigenvalue weighted by atomic mass is 16.5. The molecule has 0 aromatic carbocycles. The van der Waals surface area contributed by atoms with E-state index in [2.05, 4.69) is 17.4 Å². The predicted octanol–water partition coefficient (Wildman–Crippen LogP) is 4.40. The second-order valence-electron chi connectivity index (χ2n) is 4.30. The molecule has 0 aromatic rings. The Kier molecular flexibility index (Phi) is 12.3. The molecule has 0 aliphatic rings. The molecule has 2 heteroatoms. The van der Waals surface area contributed by atoms with Crippen molar-refractivity contribution < 1.29 is 9.53 Å². The van der Waals surface area contributed by atoms with E-state index < -0.39 is 0 Å². The maximum atomic E-state index is 10.7. The lowest BCUT2D eigenvalue weighted by molar-refractivity contribution is -0.134. The second-order valence-corrected chi connectivity index (χ2v) is 4.30. The third kappa shape index (κ3) is 12.9. The van der Waals surface area contributed by atoms with E-state index in [-0.39, 0.29) is 5.97 Å². The number of rotatable bonds is 10. The molecule has 0 N–H and O–H groups in total. The van der Waals surface area contributed by atoms with Crippen molar-refractivity contribution in [2.45, 2.75) is 64.7 Å². The Morgan fingerprint density at radius 3 is 2.24 bits per heavy atom. The monoisotopic (exact) mass is 238 g/mol. The van der Waals surface area contributed by atoms with Crippen LogP contribution in [-0.2, 0) is 9.53 Å². The highest BCUT2D eigenvalue weighted by Gasteiger charge is 1.90. The fourth-order valence-corrected chi connectivity index (χ4v) is 1.65. The maximum Gasteiger partial charge on any atom is 0.338 e. The van der Waals surface area contributed by atoms with Gasteiger partial charge in [0.1, 0.15) is 0 Å². The van der Waals surface area contributed by atoms with E-state index in [9.17, 15) is 4.79 Å². The number of carbonyl (C=O) groups excluding carboxylic acids is 1. The van der Waals surface area contributed by atoms with Gasteiger partial charge < -0.3 is 4.74 Å². The molecule has 0 atom stereocenters. The molecule has 0 amide bonds. The van der Waals surface area contributed by atoms with Crippen molar-refractivity contribution in [3.8, 4) is 0 Å². The summed E-state index contributed by atoms with van der Waals surface area (Å²) in [5, 5.41) is 0. The van der Waals surface area contributed by atoms with Crippen LogP contribution in [0.3, 0.4) is 0 Å². The zero-order chi connectivity index (χ0) is 12.8. The molecule has 0 fully saturated rings. The molecule has 0 aliphatic carbocycles. The van der Waals surface area contributed by atoms with Gasteiger partial charge in [0.25, 0.3) is 0 Å². The molecule has 17 heavy (non-hydrogen) atoms. The van der Waals surface area contributed by atoms with Gasteiger partial charge in [-0.05, 0) is 18.9 Å². The molecule has 0 radical (unpaired) electrons. The summed E-state index contributed by atoms with van der Waals surface area (Å²) in [6, 6.07) is 0. The van der Waals surface area contributed by atoms with E-state index >= 15 is 0 Å². The van der Waals surface area contributed by atoms with Crippen LogP contribution in [0.2, 0.25) is 0 Å². The van der Waals surface area contributed by atoms with Crippen molar-refractivity contribution in [3.63, 3.8) is 0 Å². The van der Waals surface area contributed by atoms with Crippen molar-refractivity contribution in [3.05, 3.63) is 17.9 Å². The normalized spacial score (nSPS) is 9.53. The summed E-state index contributed by atoms with van der Waals surface area (Å²) in [5.74, 6) is -0.336. The van der Waals surface area contributed by atoms with Crippen LogP contribution in [0.4, 0.5) is 0 Å². The van der Waals surface area contributed by atoms with Crippen LogP contribution in [0.5, 0.6) is 0 Å². The average molecular weight is 238 g/mol. The average Bonchev–Trinajstić information content (AvgIpc) is 2.35. The van der Waals surface area contributed by atoms with Gasteiger partial charge in [-0.2, -0.15) is 0 Å². The Morgan fingerprint density at radius 2 is 1.65 bits per heavy atom. The first-order valence-corrected chi connectivity index (χ1v) is 6.80. The first-order valence-electron chi connectivity index (χ1n) is 6.80. The van der Waals surface area contributed by atoms with E-state index in [0.29, 0.717) is 0 Å². The molecule has 2 nitrogen and oxygen atoms in total. The number of hydrogen-bond donors (Lipinski definition) is 0. The Labute approximate surface area is 106 Å². The van der Waals surface area contributed by atoms with Gasteiger partial charge in [-0.25, -0.2) is 4.79 Å². The highest BCUT2D eigenvalue weighted by molar-refractivity contribution is 5.81. The summed E-state index contributed by atoms with van der Waals surface area (Å²) < 4.78 is 4.47. The minimum absolute atomic E-state index is 0.336. The molecule has 0 saturated carbocycles. The number of esters is 1. The second kappa shape index (κ2) is 13.1. The van der Waals surface area contributed by atoms with Crippen LogP contribution >= 0.6 is 0 Å². The van der Waals surface area contributed by atoms with Crippen molar-refractivity contribution in [1.82, 2.24) is 0 Å². The highest BCUT2D eigenvalue weighted by Crippen LogP contribution is 2.09. The fourth-order valence-electron chi connectivity index (χ4n) is 1.65. The number of unbranched alkanes of at least 4 members (excludes halogenated alkanes) is 8. The van der Waals surface area contributed by atoms with Gasteiger partial charge in [-0.1, -0.05) is 51.9 Å². The minimum atomic E-state index is -0.336. The summed E-state index contributed by atoms with van der Waals surface area (Å²) in [6.07, 6.45) is 14.9. The van der Waals surface area contributed by atoms with Crippen LogP contribution in [0.25, 0.3) is 0 Å². The predicted molar refractivity (Wildman–Crippen MR) is 71.9 cm³/mol. The van der Waals surface area contributed by atoms with Gasteiger partial charge in [-0.3, -0.25) is 0 Å². The van der Waals surface area contributed by atoms with Crippen LogP contribution in [0.1, 0.15) is 64.7 Å². The van der Waals surface area contributed by atoms with Gasteiger partial charge >= 0.3 is 5.97 Å². The van der Waals surface area contributed by atoms with Crippen LogP contribution in [-0.4, -0.2) is 13.1 Å². The van der Waals surface area contributed by atoms with Gasteiger partial charge in [0, 0.05) is 0 Å². The summed E-state index contributed by atoms with van der Waals surface area (Å²) >= 11 is 0. The summed E-state index contributed by atoms with van der Waals surface area (Å²) in [7, 11) is 1.37. The Hall–Kier alpha value is -1.01. The third-order valence-corrected chi connectivity index (χ3v) is 2.72. The topological polar surface area (TPSA) is 26.3 Å². The lowest BCUT2D eigenvalue weighted by Gasteiger charge is -1.99. The number of carbonyl (C=O) groups is 1. The Morgan fingerprint density at radius 1 is 1.06 bits per heavy atom. The maximum absolute atomic E-state index is 10.7. The zero-order valence-corrected chi connectivity index (χ0v) is 11.3. The molecular weight excluding hydrogens is 212 g/mol. The SMILES string of the molecule is CCCCCCCCCCC=C=CC(=O)OC. The van der Waals surface area contributed by atoms with Crippen molar-refractivity contribution in [2.75, 3.05) is 7.11 Å². The smallest absolute Gasteiger partial charge is 0.338 e. The van der Waals surface area contributed by atoms with Crippen molar-refractivity contribution >= 4 is 5.97 Å². The largest absolute Gasteiger partial charge is 0.465 e. The van der Waals surface area contributed by atoms with E-state index in [1.807, 2.05) is 6.08 Å². The molecule has 0 heterocycles. The molecule has 0 aliphatic heterocycles. The summed E-state index contributed by atoms with van der Waals surface area (Å²) in [4.78, 5) is 10.7. The lowest BCUT2D eigenvalue weighted by Crippen LogP contribution is -1.92. The minimum Gasteiger partial charge on any atom is -0.465 e. The van der Waals surface area contributed by atoms with Crippen LogP contribution in [0, 0.1) is 0 Å². The molecule has 0 saturated heterocycles.